The lowest BCUT2D eigenvalue weighted by molar-refractivity contribution is -0.142. The van der Waals surface area contributed by atoms with E-state index in [0.717, 1.165) is 11.8 Å². The Hall–Kier alpha value is -8.07. The van der Waals surface area contributed by atoms with E-state index in [4.69, 9.17) is 22.3 Å². The third-order valence-electron chi connectivity index (χ3n) is 10.6. The molecule has 20 N–H and O–H groups in total. The van der Waals surface area contributed by atoms with Crippen LogP contribution in [-0.4, -0.2) is 208 Å². The molecule has 0 unspecified atom stereocenters. The molecule has 0 saturated carbocycles. The molecular formula is C42H68N14O19. The van der Waals surface area contributed by atoms with Crippen LogP contribution in [0.1, 0.15) is 72.6 Å². The van der Waals surface area contributed by atoms with E-state index in [1.54, 1.807) is 13.8 Å². The number of carboxylic acids is 2. The Labute approximate surface area is 428 Å². The van der Waals surface area contributed by atoms with Crippen LogP contribution in [0.5, 0.6) is 0 Å². The Morgan fingerprint density at radius 1 is 0.587 bits per heavy atom. The molecule has 0 spiro atoms. The topological polar surface area (TPSA) is 539 Å². The molecule has 9 atom stereocenters. The number of aliphatic hydroxyl groups is 2. The van der Waals surface area contributed by atoms with Crippen molar-refractivity contribution in [1.29, 1.82) is 0 Å². The lowest BCUT2D eigenvalue weighted by atomic mass is 10.0. The quantitative estimate of drug-likeness (QED) is 0.0290. The highest BCUT2D eigenvalue weighted by molar-refractivity contribution is 5.99. The molecule has 33 heteroatoms. The first-order chi connectivity index (χ1) is 35.0. The molecule has 1 aliphatic heterocycles. The van der Waals surface area contributed by atoms with Crippen molar-refractivity contribution in [3.05, 3.63) is 0 Å². The highest BCUT2D eigenvalue weighted by Gasteiger charge is 2.36. The Morgan fingerprint density at radius 2 is 1.13 bits per heavy atom. The van der Waals surface area contributed by atoms with Crippen LogP contribution in [0.4, 0.5) is 0 Å². The van der Waals surface area contributed by atoms with E-state index in [9.17, 15) is 87.2 Å². The first kappa shape index (κ1) is 64.9. The Bertz CT molecular complexity index is 2140. The maximum Gasteiger partial charge on any atom is 0.325 e. The average molecular weight is 1070 g/mol. The normalized spacial score (nSPS) is 16.1. The SMILES string of the molecule is CC(C)C[C@H](NC(=O)[C@H](CCC(N)=O)NC(=O)[C@@H](N)CC(N)=O)C(=O)N[C@@H](CC(=O)O)C(=O)NCC(=O)N[C@@H](CO)C(=O)N[C@H](C(=O)NCC(=O)NCC(=O)N1CCC[C@H]1C(=O)NCC(=O)N[C@@H](C)C(=O)O)[C@@H](C)O. The van der Waals surface area contributed by atoms with Gasteiger partial charge in [0, 0.05) is 13.0 Å². The van der Waals surface area contributed by atoms with Crippen LogP contribution in [-0.2, 0) is 71.9 Å². The van der Waals surface area contributed by atoms with Gasteiger partial charge in [-0.3, -0.25) is 71.9 Å². The molecule has 0 radical (unpaired) electrons. The van der Waals surface area contributed by atoms with Crippen LogP contribution in [0, 0.1) is 5.92 Å². The first-order valence-corrected chi connectivity index (χ1v) is 23.2. The summed E-state index contributed by atoms with van der Waals surface area (Å²) in [5.41, 5.74) is 15.9. The van der Waals surface area contributed by atoms with Gasteiger partial charge >= 0.3 is 11.9 Å². The number of aliphatic carboxylic acids is 2. The molecule has 0 aromatic heterocycles. The number of nitrogens with two attached hydrogens (primary N) is 3. The summed E-state index contributed by atoms with van der Waals surface area (Å²) < 4.78 is 0. The first-order valence-electron chi connectivity index (χ1n) is 23.2. The summed E-state index contributed by atoms with van der Waals surface area (Å²) in [5, 5.41) is 60.4. The van der Waals surface area contributed by atoms with Crippen LogP contribution in [0.25, 0.3) is 0 Å². The fourth-order valence-electron chi connectivity index (χ4n) is 6.76. The molecule has 75 heavy (non-hydrogen) atoms. The number of likely N-dealkylation sites (tertiary alicyclic amines) is 1. The summed E-state index contributed by atoms with van der Waals surface area (Å²) in [6.45, 7) is 1.56. The van der Waals surface area contributed by atoms with Crippen LogP contribution < -0.4 is 70.4 Å². The highest BCUT2D eigenvalue weighted by Crippen LogP contribution is 2.17. The van der Waals surface area contributed by atoms with Crippen LogP contribution >= 0.6 is 0 Å². The summed E-state index contributed by atoms with van der Waals surface area (Å²) >= 11 is 0. The van der Waals surface area contributed by atoms with Crippen molar-refractivity contribution >= 4 is 88.7 Å². The lowest BCUT2D eigenvalue weighted by Gasteiger charge is -2.26. The maximum absolute atomic E-state index is 13.5. The molecule has 0 aromatic rings. The fourth-order valence-corrected chi connectivity index (χ4v) is 6.76. The molecule has 13 amide bonds. The van der Waals surface area contributed by atoms with E-state index in [0.29, 0.717) is 6.42 Å². The number of hydrogen-bond donors (Lipinski definition) is 17. The molecule has 0 aromatic carbocycles. The number of aliphatic hydroxyl groups excluding tert-OH is 2. The van der Waals surface area contributed by atoms with Crippen molar-refractivity contribution < 1.29 is 92.3 Å². The molecule has 0 bridgehead atoms. The number of amides is 13. The molecule has 1 aliphatic rings. The third kappa shape index (κ3) is 24.5. The van der Waals surface area contributed by atoms with Crippen molar-refractivity contribution in [2.24, 2.45) is 23.1 Å². The zero-order valence-electron chi connectivity index (χ0n) is 41.6. The summed E-state index contributed by atoms with van der Waals surface area (Å²) in [6, 6.07) is -12.3. The van der Waals surface area contributed by atoms with Crippen molar-refractivity contribution in [2.75, 3.05) is 39.3 Å². The number of nitrogens with one attached hydrogen (secondary N) is 10. The minimum Gasteiger partial charge on any atom is -0.481 e. The van der Waals surface area contributed by atoms with Gasteiger partial charge < -0.3 is 95.7 Å². The molecule has 0 aliphatic carbocycles. The number of rotatable bonds is 33. The van der Waals surface area contributed by atoms with Gasteiger partial charge in [0.15, 0.2) is 0 Å². The van der Waals surface area contributed by atoms with Crippen molar-refractivity contribution in [3.8, 4) is 0 Å². The van der Waals surface area contributed by atoms with E-state index in [2.05, 4.69) is 47.9 Å². The van der Waals surface area contributed by atoms with Crippen LogP contribution in [0.3, 0.4) is 0 Å². The summed E-state index contributed by atoms with van der Waals surface area (Å²) in [4.78, 5) is 188. The van der Waals surface area contributed by atoms with Gasteiger partial charge in [-0.05, 0) is 45.4 Å². The molecule has 1 heterocycles. The van der Waals surface area contributed by atoms with Crippen molar-refractivity contribution in [3.63, 3.8) is 0 Å². The molecule has 1 rings (SSSR count). The van der Waals surface area contributed by atoms with Gasteiger partial charge in [-0.25, -0.2) is 0 Å². The van der Waals surface area contributed by atoms with E-state index in [1.807, 2.05) is 5.32 Å². The zero-order chi connectivity index (χ0) is 57.3. The molecule has 420 valence electrons. The van der Waals surface area contributed by atoms with Gasteiger partial charge in [0.1, 0.15) is 42.3 Å². The van der Waals surface area contributed by atoms with Gasteiger partial charge in [0.05, 0.1) is 57.8 Å². The largest absolute Gasteiger partial charge is 0.481 e. The summed E-state index contributed by atoms with van der Waals surface area (Å²) in [7, 11) is 0. The van der Waals surface area contributed by atoms with Gasteiger partial charge in [0.2, 0.25) is 76.8 Å². The fraction of sp³-hybridized carbons (Fsp3) is 0.643. The second kappa shape index (κ2) is 32.2. The third-order valence-corrected chi connectivity index (χ3v) is 10.6. The second-order valence-corrected chi connectivity index (χ2v) is 17.5. The molecular weight excluding hydrogens is 1000 g/mol. The predicted molar refractivity (Wildman–Crippen MR) is 252 cm³/mol. The maximum atomic E-state index is 13.5. The number of carbonyl (C=O) groups is 15. The van der Waals surface area contributed by atoms with Crippen molar-refractivity contribution in [2.45, 2.75) is 127 Å². The monoisotopic (exact) mass is 1070 g/mol. The van der Waals surface area contributed by atoms with E-state index >= 15 is 0 Å². The minimum absolute atomic E-state index is 0.124. The predicted octanol–water partition coefficient (Wildman–Crippen LogP) is -10.2. The molecule has 1 fully saturated rings. The smallest absolute Gasteiger partial charge is 0.325 e. The number of primary amides is 2. The van der Waals surface area contributed by atoms with Crippen LogP contribution in [0.2, 0.25) is 0 Å². The van der Waals surface area contributed by atoms with Gasteiger partial charge in [0.25, 0.3) is 0 Å². The number of nitrogens with zero attached hydrogens (tertiary/aromatic N) is 1. The van der Waals surface area contributed by atoms with E-state index < -0.39 is 195 Å². The second-order valence-electron chi connectivity index (χ2n) is 17.5. The van der Waals surface area contributed by atoms with E-state index in [1.165, 1.54) is 6.92 Å². The summed E-state index contributed by atoms with van der Waals surface area (Å²) in [6.07, 6.45) is -3.65. The van der Waals surface area contributed by atoms with Crippen molar-refractivity contribution in [1.82, 2.24) is 58.1 Å². The zero-order valence-corrected chi connectivity index (χ0v) is 41.6. The highest BCUT2D eigenvalue weighted by atomic mass is 16.4. The standard InChI is InChI=1S/C42H68N14O19/c1-18(2)10-23(53-37(69)22(7-8-27(44)59)52-35(67)21(43)11-28(45)60)38(70)54-24(12-33(65)66)36(68)47-15-31(63)51-25(17-57)39(71)55-34(20(4)58)41(73)49-13-29(61)46-16-32(64)56-9-5-6-26(56)40(72)48-14-30(62)50-19(3)42(74)75/h18-26,34,57-58H,5-17,43H2,1-4H3,(H2,44,59)(H2,45,60)(H,46,61)(H,47,68)(H,48,72)(H,49,73)(H,50,62)(H,51,63)(H,52,67)(H,53,69)(H,54,70)(H,55,71)(H,65,66)(H,74,75)/t19-,20+,21-,22-,23-,24-,25-,26-,34-/m0/s1. The lowest BCUT2D eigenvalue weighted by Crippen LogP contribution is -2.60. The Morgan fingerprint density at radius 3 is 1.69 bits per heavy atom. The molecule has 33 nitrogen and oxygen atoms in total. The number of carbonyl (C=O) groups excluding carboxylic acids is 13. The van der Waals surface area contributed by atoms with Gasteiger partial charge in [-0.2, -0.15) is 0 Å². The number of carboxylic acid groups (broad SMARTS) is 2. The van der Waals surface area contributed by atoms with Gasteiger partial charge in [-0.15, -0.1) is 0 Å². The van der Waals surface area contributed by atoms with Crippen LogP contribution in [0.15, 0.2) is 0 Å². The van der Waals surface area contributed by atoms with Gasteiger partial charge in [-0.1, -0.05) is 13.8 Å². The van der Waals surface area contributed by atoms with E-state index in [-0.39, 0.29) is 31.7 Å². The summed E-state index contributed by atoms with van der Waals surface area (Å²) in [5.74, 6) is -16.2. The minimum atomic E-state index is -1.90. The Kier molecular flexibility index (Phi) is 27.9. The number of hydrogen-bond acceptors (Lipinski definition) is 18. The average Bonchev–Trinajstić information content (AvgIpc) is 3.82. The molecule has 1 saturated heterocycles. The Balaban J connectivity index is 2.89.